The lowest BCUT2D eigenvalue weighted by Crippen LogP contribution is -2.42. The van der Waals surface area contributed by atoms with Crippen LogP contribution < -0.4 is 11.5 Å². The Labute approximate surface area is 151 Å². The van der Waals surface area contributed by atoms with Gasteiger partial charge in [-0.1, -0.05) is 0 Å². The molecule has 142 valence electrons. The number of nitrogens with zero attached hydrogens (tertiary/aromatic N) is 4. The van der Waals surface area contributed by atoms with Gasteiger partial charge in [0.1, 0.15) is 36.1 Å². The largest absolute Gasteiger partial charge is 0.387 e. The third kappa shape index (κ3) is 2.95. The molecule has 9 heteroatoms. The maximum Gasteiger partial charge on any atom is 0.164 e. The van der Waals surface area contributed by atoms with E-state index < -0.39 is 24.5 Å². The van der Waals surface area contributed by atoms with E-state index in [-0.39, 0.29) is 0 Å². The van der Waals surface area contributed by atoms with E-state index in [2.05, 4.69) is 14.9 Å². The van der Waals surface area contributed by atoms with Crippen LogP contribution in [0.4, 0.5) is 5.82 Å². The molecule has 4 rings (SSSR count). The molecule has 2 saturated heterocycles. The highest BCUT2D eigenvalue weighted by atomic mass is 16.6. The summed E-state index contributed by atoms with van der Waals surface area (Å²) in [5, 5.41) is 21.8. The summed E-state index contributed by atoms with van der Waals surface area (Å²) in [5.41, 5.74) is 12.2. The molecular weight excluding hydrogens is 336 g/mol. The van der Waals surface area contributed by atoms with Gasteiger partial charge in [0, 0.05) is 18.8 Å². The molecule has 0 aromatic carbocycles. The summed E-state index contributed by atoms with van der Waals surface area (Å²) in [6, 6.07) is 2.21. The van der Waals surface area contributed by atoms with Gasteiger partial charge in [-0.05, 0) is 38.4 Å². The summed E-state index contributed by atoms with van der Waals surface area (Å²) < 4.78 is 7.77. The number of hydrogen-bond donors (Lipinski definition) is 4. The van der Waals surface area contributed by atoms with Crippen molar-refractivity contribution in [2.24, 2.45) is 5.73 Å². The number of rotatable bonds is 5. The zero-order valence-electron chi connectivity index (χ0n) is 14.6. The Kier molecular flexibility index (Phi) is 4.80. The Bertz CT molecular complexity index is 768. The van der Waals surface area contributed by atoms with E-state index in [1.807, 2.05) is 0 Å². The van der Waals surface area contributed by atoms with E-state index in [1.165, 1.54) is 6.33 Å². The van der Waals surface area contributed by atoms with Gasteiger partial charge in [-0.25, -0.2) is 9.97 Å². The van der Waals surface area contributed by atoms with Crippen LogP contribution in [0.2, 0.25) is 0 Å². The lowest BCUT2D eigenvalue weighted by atomic mass is 10.1. The van der Waals surface area contributed by atoms with Crippen molar-refractivity contribution >= 4 is 16.9 Å². The van der Waals surface area contributed by atoms with Crippen molar-refractivity contribution < 1.29 is 14.9 Å². The Morgan fingerprint density at radius 2 is 2.12 bits per heavy atom. The molecule has 9 nitrogen and oxygen atoms in total. The maximum atomic E-state index is 10.6. The molecule has 2 aromatic rings. The minimum Gasteiger partial charge on any atom is -0.387 e. The van der Waals surface area contributed by atoms with Crippen LogP contribution >= 0.6 is 0 Å². The second-order valence-electron chi connectivity index (χ2n) is 7.13. The predicted molar refractivity (Wildman–Crippen MR) is 96.1 cm³/mol. The van der Waals surface area contributed by atoms with Gasteiger partial charge in [-0.3, -0.25) is 4.90 Å². The minimum absolute atomic E-state index is 0.375. The first-order valence-corrected chi connectivity index (χ1v) is 9.13. The zero-order valence-corrected chi connectivity index (χ0v) is 14.6. The van der Waals surface area contributed by atoms with E-state index in [4.69, 9.17) is 16.2 Å². The standard InChI is InChI=1S/C17H26N6O3/c18-5-3-10-2-1-6-22(10)8-12-13(24)14(25)17(26-12)23-7-4-11-15(19)20-9-21-16(11)23/h4,7,9-10,12-14,17,24-25H,1-3,5-6,8,18H2,(H2,19,20,21)/t10-,12+,13+,14+,17+/m0/s1. The molecule has 0 radical (unpaired) electrons. The first kappa shape index (κ1) is 17.6. The molecule has 2 aromatic heterocycles. The van der Waals surface area contributed by atoms with E-state index in [9.17, 15) is 10.2 Å². The smallest absolute Gasteiger partial charge is 0.164 e. The normalized spacial score (nSPS) is 32.7. The molecule has 0 aliphatic carbocycles. The highest BCUT2D eigenvalue weighted by Crippen LogP contribution is 2.34. The van der Waals surface area contributed by atoms with Gasteiger partial charge in [-0.2, -0.15) is 0 Å². The first-order valence-electron chi connectivity index (χ1n) is 9.13. The number of aromatic nitrogens is 3. The van der Waals surface area contributed by atoms with E-state index in [0.29, 0.717) is 36.0 Å². The molecular formula is C17H26N6O3. The van der Waals surface area contributed by atoms with Crippen LogP contribution in [-0.4, -0.2) is 73.6 Å². The predicted octanol–water partition coefficient (Wildman–Crippen LogP) is -0.554. The van der Waals surface area contributed by atoms with Crippen molar-refractivity contribution in [2.45, 2.75) is 49.8 Å². The van der Waals surface area contributed by atoms with Crippen LogP contribution in [0.25, 0.3) is 11.0 Å². The van der Waals surface area contributed by atoms with Crippen molar-refractivity contribution in [1.29, 1.82) is 0 Å². The Hall–Kier alpha value is -1.78. The fourth-order valence-electron chi connectivity index (χ4n) is 4.19. The number of fused-ring (bicyclic) bond motifs is 1. The number of nitrogens with two attached hydrogens (primary N) is 2. The summed E-state index contributed by atoms with van der Waals surface area (Å²) >= 11 is 0. The minimum atomic E-state index is -1.04. The van der Waals surface area contributed by atoms with Crippen LogP contribution in [0.1, 0.15) is 25.5 Å². The molecule has 6 N–H and O–H groups in total. The quantitative estimate of drug-likeness (QED) is 0.556. The SMILES string of the molecule is NCC[C@@H]1CCCN1C[C@H]1O[C@@H](n2ccc3c(N)ncnc32)[C@H](O)[C@@H]1O. The van der Waals surface area contributed by atoms with Gasteiger partial charge in [0.2, 0.25) is 0 Å². The average Bonchev–Trinajstić information content (AvgIpc) is 3.31. The van der Waals surface area contributed by atoms with Crippen LogP contribution in [0.3, 0.4) is 0 Å². The molecule has 2 fully saturated rings. The van der Waals surface area contributed by atoms with E-state index >= 15 is 0 Å². The third-order valence-corrected chi connectivity index (χ3v) is 5.56. The topological polar surface area (TPSA) is 136 Å². The Balaban J connectivity index is 1.53. The monoisotopic (exact) mass is 362 g/mol. The molecule has 2 aliphatic rings. The highest BCUT2D eigenvalue weighted by Gasteiger charge is 2.45. The van der Waals surface area contributed by atoms with Crippen LogP contribution in [-0.2, 0) is 4.74 Å². The number of likely N-dealkylation sites (tertiary alicyclic amines) is 1. The van der Waals surface area contributed by atoms with Crippen molar-refractivity contribution in [2.75, 3.05) is 25.4 Å². The summed E-state index contributed by atoms with van der Waals surface area (Å²) in [6.07, 6.45) is 3.13. The lowest BCUT2D eigenvalue weighted by Gasteiger charge is -2.27. The third-order valence-electron chi connectivity index (χ3n) is 5.56. The molecule has 0 amide bonds. The molecule has 2 aliphatic heterocycles. The number of ether oxygens (including phenoxy) is 1. The van der Waals surface area contributed by atoms with Crippen molar-refractivity contribution in [3.63, 3.8) is 0 Å². The Morgan fingerprint density at radius 1 is 1.27 bits per heavy atom. The van der Waals surface area contributed by atoms with Gasteiger partial charge in [0.15, 0.2) is 6.23 Å². The van der Waals surface area contributed by atoms with E-state index in [0.717, 1.165) is 25.8 Å². The van der Waals surface area contributed by atoms with Gasteiger partial charge in [0.25, 0.3) is 0 Å². The van der Waals surface area contributed by atoms with Crippen LogP contribution in [0.15, 0.2) is 18.6 Å². The number of hydrogen-bond acceptors (Lipinski definition) is 8. The number of nitrogen functional groups attached to an aromatic ring is 1. The molecule has 0 unspecified atom stereocenters. The van der Waals surface area contributed by atoms with Crippen molar-refractivity contribution in [1.82, 2.24) is 19.4 Å². The summed E-state index contributed by atoms with van der Waals surface area (Å²) in [6.45, 7) is 2.20. The second kappa shape index (κ2) is 7.09. The second-order valence-corrected chi connectivity index (χ2v) is 7.13. The van der Waals surface area contributed by atoms with E-state index in [1.54, 1.807) is 16.8 Å². The summed E-state index contributed by atoms with van der Waals surface area (Å²) in [5.74, 6) is 0.375. The molecule has 5 atom stereocenters. The molecule has 0 bridgehead atoms. The number of anilines is 1. The van der Waals surface area contributed by atoms with Crippen LogP contribution in [0, 0.1) is 0 Å². The maximum absolute atomic E-state index is 10.6. The van der Waals surface area contributed by atoms with Crippen LogP contribution in [0.5, 0.6) is 0 Å². The average molecular weight is 362 g/mol. The molecule has 0 spiro atoms. The number of aliphatic hydroxyl groups excluding tert-OH is 2. The zero-order chi connectivity index (χ0) is 18.3. The molecule has 0 saturated carbocycles. The summed E-state index contributed by atoms with van der Waals surface area (Å²) in [4.78, 5) is 10.5. The molecule has 4 heterocycles. The van der Waals surface area contributed by atoms with Crippen molar-refractivity contribution in [3.05, 3.63) is 18.6 Å². The van der Waals surface area contributed by atoms with Gasteiger partial charge in [-0.15, -0.1) is 0 Å². The van der Waals surface area contributed by atoms with Crippen molar-refractivity contribution in [3.8, 4) is 0 Å². The van der Waals surface area contributed by atoms with Gasteiger partial charge < -0.3 is 31.0 Å². The highest BCUT2D eigenvalue weighted by molar-refractivity contribution is 5.86. The Morgan fingerprint density at radius 3 is 2.92 bits per heavy atom. The first-order chi connectivity index (χ1) is 12.6. The fourth-order valence-corrected chi connectivity index (χ4v) is 4.19. The fraction of sp³-hybridized carbons (Fsp3) is 0.647. The number of aliphatic hydroxyl groups is 2. The van der Waals surface area contributed by atoms with Gasteiger partial charge in [0.05, 0.1) is 5.39 Å². The summed E-state index contributed by atoms with van der Waals surface area (Å²) in [7, 11) is 0. The molecule has 26 heavy (non-hydrogen) atoms. The lowest BCUT2D eigenvalue weighted by molar-refractivity contribution is -0.0451. The van der Waals surface area contributed by atoms with Gasteiger partial charge >= 0.3 is 0 Å².